The molecule has 2 amide bonds. The molecule has 0 aromatic rings. The van der Waals surface area contributed by atoms with E-state index in [4.69, 9.17) is 0 Å². The van der Waals surface area contributed by atoms with Gasteiger partial charge in [0, 0.05) is 0 Å². The predicted molar refractivity (Wildman–Crippen MR) is 114 cm³/mol. The number of nitrogens with zero attached hydrogens (tertiary/aromatic N) is 2. The molecule has 0 aliphatic carbocycles. The Labute approximate surface area is 167 Å². The molecule has 0 radical (unpaired) electrons. The third kappa shape index (κ3) is 22.9. The zero-order chi connectivity index (χ0) is 21.1. The van der Waals surface area contributed by atoms with Crippen molar-refractivity contribution < 1.29 is 19.1 Å². The van der Waals surface area contributed by atoms with Crippen LogP contribution in [0.5, 0.6) is 0 Å². The Bertz CT molecular complexity index is 358. The molecule has 0 fully saturated rings. The van der Waals surface area contributed by atoms with Gasteiger partial charge in [0.25, 0.3) is 0 Å². The second-order valence-corrected chi connectivity index (χ2v) is 9.65. The Hall–Kier alpha value is -1.03. The maximum Gasteiger partial charge on any atom is 0.452 e. The van der Waals surface area contributed by atoms with Gasteiger partial charge in [-0.05, 0) is 65.4 Å². The normalized spacial score (nSPS) is 11.0. The highest BCUT2D eigenvalue weighted by Gasteiger charge is 2.07. The minimum Gasteiger partial charge on any atom is -0.444 e. The van der Waals surface area contributed by atoms with Crippen LogP contribution < -0.4 is 0 Å². The molecule has 0 N–H and O–H groups in total. The van der Waals surface area contributed by atoms with Crippen molar-refractivity contribution in [3.8, 4) is 0 Å². The molecule has 160 valence electrons. The first kappa shape index (κ1) is 28.2. The average Bonchev–Trinajstić information content (AvgIpc) is 2.59. The van der Waals surface area contributed by atoms with Crippen molar-refractivity contribution >= 4 is 20.1 Å². The third-order valence-corrected chi connectivity index (χ3v) is 6.22. The molecular weight excluding hydrogens is 363 g/mol. The molecule has 0 spiro atoms. The molecule has 0 saturated heterocycles. The first-order valence-electron chi connectivity index (χ1n) is 10.3. The SMILES string of the molecule is CC(C)OC(=O)N=NC(=O)OC(C)C.CCCCP(CCCC)CCCC. The highest BCUT2D eigenvalue weighted by atomic mass is 31.1. The molecule has 6 nitrogen and oxygen atoms in total. The predicted octanol–water partition coefficient (Wildman–Crippen LogP) is 7.40. The molecule has 0 aliphatic rings. The summed E-state index contributed by atoms with van der Waals surface area (Å²) in [4.78, 5) is 21.5. The van der Waals surface area contributed by atoms with Crippen molar-refractivity contribution in [2.24, 2.45) is 10.2 Å². The van der Waals surface area contributed by atoms with Gasteiger partial charge in [0.05, 0.1) is 12.2 Å². The summed E-state index contributed by atoms with van der Waals surface area (Å²) in [7, 11) is 0.422. The molecule has 0 unspecified atom stereocenters. The quantitative estimate of drug-likeness (QED) is 0.265. The van der Waals surface area contributed by atoms with Gasteiger partial charge in [-0.1, -0.05) is 50.3 Å². The summed E-state index contributed by atoms with van der Waals surface area (Å²) in [5.74, 6) is 0. The Kier molecular flexibility index (Phi) is 20.6. The first-order valence-corrected chi connectivity index (χ1v) is 12.2. The summed E-state index contributed by atoms with van der Waals surface area (Å²) in [6.45, 7) is 13.6. The molecular formula is C20H41N2O4P. The van der Waals surface area contributed by atoms with Crippen LogP contribution in [0, 0.1) is 0 Å². The van der Waals surface area contributed by atoms with Gasteiger partial charge in [0.1, 0.15) is 0 Å². The maximum absolute atomic E-state index is 10.8. The van der Waals surface area contributed by atoms with Crippen LogP contribution in [-0.2, 0) is 9.47 Å². The van der Waals surface area contributed by atoms with Crippen molar-refractivity contribution in [3.05, 3.63) is 0 Å². The summed E-state index contributed by atoms with van der Waals surface area (Å²) in [5.41, 5.74) is 0. The van der Waals surface area contributed by atoms with E-state index < -0.39 is 12.2 Å². The Morgan fingerprint density at radius 2 is 1.00 bits per heavy atom. The van der Waals surface area contributed by atoms with Crippen LogP contribution in [0.1, 0.15) is 87.0 Å². The number of carbonyl (C=O) groups excluding carboxylic acids is 2. The van der Waals surface area contributed by atoms with Crippen LogP contribution in [0.15, 0.2) is 10.2 Å². The third-order valence-electron chi connectivity index (χ3n) is 3.37. The zero-order valence-electron chi connectivity index (χ0n) is 18.5. The van der Waals surface area contributed by atoms with Crippen LogP contribution in [0.3, 0.4) is 0 Å². The van der Waals surface area contributed by atoms with E-state index in [1.54, 1.807) is 46.2 Å². The number of rotatable bonds is 11. The van der Waals surface area contributed by atoms with E-state index in [1.807, 2.05) is 0 Å². The van der Waals surface area contributed by atoms with E-state index >= 15 is 0 Å². The highest BCUT2D eigenvalue weighted by Crippen LogP contribution is 2.38. The fourth-order valence-electron chi connectivity index (χ4n) is 2.01. The van der Waals surface area contributed by atoms with Crippen molar-refractivity contribution in [2.75, 3.05) is 18.5 Å². The Morgan fingerprint density at radius 1 is 0.704 bits per heavy atom. The van der Waals surface area contributed by atoms with Gasteiger partial charge in [0.2, 0.25) is 0 Å². The molecule has 27 heavy (non-hydrogen) atoms. The van der Waals surface area contributed by atoms with E-state index in [0.29, 0.717) is 7.92 Å². The van der Waals surface area contributed by atoms with Crippen LogP contribution >= 0.6 is 7.92 Å². The number of amides is 2. The fourth-order valence-corrected chi connectivity index (χ4v) is 4.97. The number of unbranched alkanes of at least 4 members (excludes halogenated alkanes) is 3. The van der Waals surface area contributed by atoms with Gasteiger partial charge in [0.15, 0.2) is 0 Å². The van der Waals surface area contributed by atoms with Crippen LogP contribution in [-0.4, -0.2) is 42.9 Å². The molecule has 7 heteroatoms. The monoisotopic (exact) mass is 404 g/mol. The standard InChI is InChI=1S/C12H27P.C8H14N2O4/c1-4-7-10-13(11-8-5-2)12-9-6-3;1-5(2)13-7(11)9-10-8(12)14-6(3)4/h4-12H2,1-3H3;5-6H,1-4H3. The lowest BCUT2D eigenvalue weighted by molar-refractivity contribution is 0.115. The number of carbonyl (C=O) groups is 2. The highest BCUT2D eigenvalue weighted by molar-refractivity contribution is 7.57. The molecule has 0 rings (SSSR count). The summed E-state index contributed by atoms with van der Waals surface area (Å²) >= 11 is 0. The Morgan fingerprint density at radius 3 is 1.22 bits per heavy atom. The second kappa shape index (κ2) is 19.7. The van der Waals surface area contributed by atoms with Gasteiger partial charge < -0.3 is 9.47 Å². The van der Waals surface area contributed by atoms with Gasteiger partial charge >= 0.3 is 12.2 Å². The van der Waals surface area contributed by atoms with E-state index in [2.05, 4.69) is 40.5 Å². The van der Waals surface area contributed by atoms with Crippen LogP contribution in [0.2, 0.25) is 0 Å². The number of hydrogen-bond acceptors (Lipinski definition) is 4. The van der Waals surface area contributed by atoms with Crippen LogP contribution in [0.25, 0.3) is 0 Å². The maximum atomic E-state index is 10.8. The molecule has 0 aliphatic heterocycles. The summed E-state index contributed by atoms with van der Waals surface area (Å²) in [6.07, 6.45) is 10.8. The molecule has 0 saturated carbocycles. The first-order chi connectivity index (χ1) is 12.8. The lowest BCUT2D eigenvalue weighted by atomic mass is 10.4. The van der Waals surface area contributed by atoms with E-state index in [0.717, 1.165) is 0 Å². The number of hydrogen-bond donors (Lipinski definition) is 0. The van der Waals surface area contributed by atoms with Crippen LogP contribution in [0.4, 0.5) is 9.59 Å². The lowest BCUT2D eigenvalue weighted by Gasteiger charge is -2.16. The Balaban J connectivity index is 0. The topological polar surface area (TPSA) is 77.3 Å². The number of ether oxygens (including phenoxy) is 2. The van der Waals surface area contributed by atoms with E-state index in [9.17, 15) is 9.59 Å². The van der Waals surface area contributed by atoms with Gasteiger partial charge in [-0.3, -0.25) is 0 Å². The van der Waals surface area contributed by atoms with Gasteiger partial charge in [-0.25, -0.2) is 9.59 Å². The number of azo groups is 1. The van der Waals surface area contributed by atoms with Crippen molar-refractivity contribution in [3.63, 3.8) is 0 Å². The molecule has 0 atom stereocenters. The molecule has 0 aromatic carbocycles. The summed E-state index contributed by atoms with van der Waals surface area (Å²) < 4.78 is 9.20. The van der Waals surface area contributed by atoms with E-state index in [-0.39, 0.29) is 12.2 Å². The molecule has 0 heterocycles. The van der Waals surface area contributed by atoms with Crippen molar-refractivity contribution in [1.29, 1.82) is 0 Å². The van der Waals surface area contributed by atoms with Crippen molar-refractivity contribution in [1.82, 2.24) is 0 Å². The summed E-state index contributed by atoms with van der Waals surface area (Å²) in [5, 5.41) is 6.01. The van der Waals surface area contributed by atoms with E-state index in [1.165, 1.54) is 38.5 Å². The van der Waals surface area contributed by atoms with Crippen molar-refractivity contribution in [2.45, 2.75) is 99.2 Å². The van der Waals surface area contributed by atoms with Gasteiger partial charge in [-0.2, -0.15) is 0 Å². The lowest BCUT2D eigenvalue weighted by Crippen LogP contribution is -2.09. The smallest absolute Gasteiger partial charge is 0.444 e. The average molecular weight is 405 g/mol. The minimum atomic E-state index is -0.902. The zero-order valence-corrected chi connectivity index (χ0v) is 19.4. The summed E-state index contributed by atoms with van der Waals surface area (Å²) in [6, 6.07) is 0. The molecule has 0 aromatic heterocycles. The second-order valence-electron chi connectivity index (χ2n) is 6.97. The van der Waals surface area contributed by atoms with Gasteiger partial charge in [-0.15, -0.1) is 7.92 Å². The largest absolute Gasteiger partial charge is 0.452 e. The fraction of sp³-hybridized carbons (Fsp3) is 0.900. The molecule has 0 bridgehead atoms. The minimum absolute atomic E-state index is 0.289.